The zero-order valence-electron chi connectivity index (χ0n) is 16.3. The number of aromatic nitrogens is 2. The molecule has 2 aliphatic heterocycles. The van der Waals surface area contributed by atoms with E-state index in [1.165, 1.54) is 19.2 Å². The Labute approximate surface area is 167 Å². The molecule has 7 nitrogen and oxygen atoms in total. The summed E-state index contributed by atoms with van der Waals surface area (Å²) in [7, 11) is -2.93. The molecule has 0 aliphatic carbocycles. The molecule has 150 valence electrons. The predicted octanol–water partition coefficient (Wildman–Crippen LogP) is 4.71. The highest BCUT2D eigenvalue weighted by atomic mass is 31.2. The van der Waals surface area contributed by atoms with Crippen molar-refractivity contribution in [2.75, 3.05) is 36.6 Å². The summed E-state index contributed by atoms with van der Waals surface area (Å²) in [5, 5.41) is 6.73. The summed E-state index contributed by atoms with van der Waals surface area (Å²) in [6, 6.07) is 9.90. The molecule has 0 saturated carbocycles. The molecule has 1 aromatic heterocycles. The maximum absolute atomic E-state index is 14.4. The molecule has 0 bridgehead atoms. The largest absolute Gasteiger partial charge is 0.338 e. The standard InChI is InChI=1S/C20H29N6OP/c27-28(25-12-6-2-7-13-25,26-14-8-3-9-15-26)24-19-16-21-17-22-20(19)23-18-10-4-1-5-11-18/h1,4-5,10-11,16-17H,2-3,6-9,12-15H2,(H,24,27)(H,21,22,23). The second-order valence-corrected chi connectivity index (χ2v) is 9.90. The van der Waals surface area contributed by atoms with Crippen LogP contribution in [0.4, 0.5) is 17.2 Å². The van der Waals surface area contributed by atoms with E-state index in [1.54, 1.807) is 6.20 Å². The summed E-state index contributed by atoms with van der Waals surface area (Å²) in [6.07, 6.45) is 10.1. The quantitative estimate of drug-likeness (QED) is 0.680. The molecule has 1 aromatic carbocycles. The molecule has 0 amide bonds. The highest BCUT2D eigenvalue weighted by Gasteiger charge is 2.39. The van der Waals surface area contributed by atoms with Crippen LogP contribution >= 0.6 is 7.59 Å². The van der Waals surface area contributed by atoms with Crippen molar-refractivity contribution in [3.63, 3.8) is 0 Å². The highest BCUT2D eigenvalue weighted by molar-refractivity contribution is 7.60. The zero-order valence-corrected chi connectivity index (χ0v) is 17.2. The summed E-state index contributed by atoms with van der Waals surface area (Å²) in [4.78, 5) is 8.60. The molecule has 2 saturated heterocycles. The van der Waals surface area contributed by atoms with Gasteiger partial charge in [0.15, 0.2) is 5.82 Å². The fraction of sp³-hybridized carbons (Fsp3) is 0.500. The van der Waals surface area contributed by atoms with Crippen molar-refractivity contribution < 1.29 is 4.57 Å². The van der Waals surface area contributed by atoms with Gasteiger partial charge >= 0.3 is 7.59 Å². The van der Waals surface area contributed by atoms with Crippen LogP contribution in [0.15, 0.2) is 42.9 Å². The minimum atomic E-state index is -2.93. The molecule has 3 heterocycles. The normalized spacial score (nSPS) is 19.3. The van der Waals surface area contributed by atoms with Crippen LogP contribution < -0.4 is 10.4 Å². The van der Waals surface area contributed by atoms with Gasteiger partial charge in [-0.3, -0.25) is 4.57 Å². The average molecular weight is 400 g/mol. The number of anilines is 3. The second kappa shape index (κ2) is 9.03. The maximum atomic E-state index is 14.4. The smallest absolute Gasteiger partial charge is 0.308 e. The third kappa shape index (κ3) is 4.37. The zero-order chi connectivity index (χ0) is 19.2. The molecule has 0 spiro atoms. The van der Waals surface area contributed by atoms with E-state index in [9.17, 15) is 4.57 Å². The molecule has 2 aliphatic rings. The van der Waals surface area contributed by atoms with E-state index in [-0.39, 0.29) is 0 Å². The summed E-state index contributed by atoms with van der Waals surface area (Å²) in [5.41, 5.74) is 1.63. The first-order valence-corrected chi connectivity index (χ1v) is 11.9. The first-order chi connectivity index (χ1) is 13.8. The van der Waals surface area contributed by atoms with E-state index in [0.717, 1.165) is 57.5 Å². The van der Waals surface area contributed by atoms with E-state index in [4.69, 9.17) is 0 Å². The lowest BCUT2D eigenvalue weighted by Gasteiger charge is -2.42. The summed E-state index contributed by atoms with van der Waals surface area (Å²) in [6.45, 7) is 3.48. The van der Waals surface area contributed by atoms with E-state index >= 15 is 0 Å². The third-order valence-electron chi connectivity index (χ3n) is 5.45. The molecule has 0 radical (unpaired) electrons. The monoisotopic (exact) mass is 400 g/mol. The van der Waals surface area contributed by atoms with Crippen LogP contribution in [0.25, 0.3) is 0 Å². The molecule has 0 atom stereocenters. The average Bonchev–Trinajstić information content (AvgIpc) is 2.77. The summed E-state index contributed by atoms with van der Waals surface area (Å²) < 4.78 is 18.7. The minimum absolute atomic E-state index is 0.649. The van der Waals surface area contributed by atoms with Gasteiger partial charge in [0.25, 0.3) is 0 Å². The van der Waals surface area contributed by atoms with Crippen LogP contribution in [0, 0.1) is 0 Å². The molecular weight excluding hydrogens is 371 g/mol. The SMILES string of the molecule is O=P(Nc1cncnc1Nc1ccccc1)(N1CCCCC1)N1CCCCC1. The Morgan fingerprint density at radius 1 is 0.857 bits per heavy atom. The Hall–Kier alpha value is -1.95. The van der Waals surface area contributed by atoms with Crippen LogP contribution in [0.3, 0.4) is 0 Å². The molecule has 0 unspecified atom stereocenters. The van der Waals surface area contributed by atoms with Crippen LogP contribution in [0.1, 0.15) is 38.5 Å². The number of nitrogens with one attached hydrogen (secondary N) is 2. The Balaban J connectivity index is 1.62. The van der Waals surface area contributed by atoms with Gasteiger partial charge in [0.05, 0.1) is 6.20 Å². The van der Waals surface area contributed by atoms with Crippen molar-refractivity contribution >= 4 is 24.8 Å². The van der Waals surface area contributed by atoms with Gasteiger partial charge in [-0.25, -0.2) is 19.3 Å². The Morgan fingerprint density at radius 2 is 1.46 bits per heavy atom. The van der Waals surface area contributed by atoms with Crippen molar-refractivity contribution in [2.45, 2.75) is 38.5 Å². The van der Waals surface area contributed by atoms with Crippen molar-refractivity contribution in [1.29, 1.82) is 0 Å². The van der Waals surface area contributed by atoms with Crippen LogP contribution in [-0.2, 0) is 4.57 Å². The number of hydrogen-bond acceptors (Lipinski definition) is 4. The number of rotatable bonds is 6. The van der Waals surface area contributed by atoms with E-state index < -0.39 is 7.59 Å². The van der Waals surface area contributed by atoms with Crippen molar-refractivity contribution in [3.05, 3.63) is 42.9 Å². The van der Waals surface area contributed by atoms with Crippen LogP contribution in [-0.4, -0.2) is 45.5 Å². The molecular formula is C20H29N6OP. The summed E-state index contributed by atoms with van der Waals surface area (Å²) in [5.74, 6) is 0.649. The van der Waals surface area contributed by atoms with Gasteiger partial charge in [-0.05, 0) is 37.8 Å². The van der Waals surface area contributed by atoms with Gasteiger partial charge in [0.2, 0.25) is 0 Å². The minimum Gasteiger partial charge on any atom is -0.338 e. The van der Waals surface area contributed by atoms with Crippen LogP contribution in [0.5, 0.6) is 0 Å². The second-order valence-electron chi connectivity index (χ2n) is 7.46. The molecule has 2 N–H and O–H groups in total. The van der Waals surface area contributed by atoms with E-state index in [2.05, 4.69) is 29.7 Å². The first kappa shape index (κ1) is 19.4. The Bertz CT molecular complexity index is 783. The number of benzene rings is 1. The molecule has 2 fully saturated rings. The highest BCUT2D eigenvalue weighted by Crippen LogP contribution is 2.55. The van der Waals surface area contributed by atoms with E-state index in [1.807, 2.05) is 30.3 Å². The number of hydrogen-bond donors (Lipinski definition) is 2. The number of piperidine rings is 2. The van der Waals surface area contributed by atoms with Crippen molar-refractivity contribution in [3.8, 4) is 0 Å². The van der Waals surface area contributed by atoms with Crippen molar-refractivity contribution in [1.82, 2.24) is 19.3 Å². The third-order valence-corrected chi connectivity index (χ3v) is 8.31. The van der Waals surface area contributed by atoms with Gasteiger partial charge < -0.3 is 10.4 Å². The lowest BCUT2D eigenvalue weighted by atomic mass is 10.2. The number of nitrogens with zero attached hydrogens (tertiary/aromatic N) is 4. The van der Waals surface area contributed by atoms with Gasteiger partial charge in [-0.15, -0.1) is 0 Å². The lowest BCUT2D eigenvalue weighted by molar-refractivity contribution is 0.279. The topological polar surface area (TPSA) is 73.4 Å². The predicted molar refractivity (Wildman–Crippen MR) is 114 cm³/mol. The fourth-order valence-electron chi connectivity index (χ4n) is 3.94. The van der Waals surface area contributed by atoms with Gasteiger partial charge in [0, 0.05) is 31.9 Å². The molecule has 28 heavy (non-hydrogen) atoms. The Kier molecular flexibility index (Phi) is 6.25. The fourth-order valence-corrected chi connectivity index (χ4v) is 6.71. The van der Waals surface area contributed by atoms with Crippen LogP contribution in [0.2, 0.25) is 0 Å². The van der Waals surface area contributed by atoms with Gasteiger partial charge in [-0.1, -0.05) is 31.0 Å². The molecule has 2 aromatic rings. The first-order valence-electron chi connectivity index (χ1n) is 10.3. The Morgan fingerprint density at radius 3 is 2.07 bits per heavy atom. The lowest BCUT2D eigenvalue weighted by Crippen LogP contribution is -2.40. The van der Waals surface area contributed by atoms with Gasteiger partial charge in [0.1, 0.15) is 12.0 Å². The maximum Gasteiger partial charge on any atom is 0.308 e. The summed E-state index contributed by atoms with van der Waals surface area (Å²) >= 11 is 0. The van der Waals surface area contributed by atoms with Gasteiger partial charge in [-0.2, -0.15) is 0 Å². The number of para-hydroxylation sites is 1. The van der Waals surface area contributed by atoms with Crippen molar-refractivity contribution in [2.24, 2.45) is 0 Å². The molecule has 8 heteroatoms. The molecule has 4 rings (SSSR count). The van der Waals surface area contributed by atoms with E-state index in [0.29, 0.717) is 11.5 Å².